The zero-order valence-corrected chi connectivity index (χ0v) is 11.4. The van der Waals surface area contributed by atoms with Crippen molar-refractivity contribution in [3.8, 4) is 0 Å². The van der Waals surface area contributed by atoms with E-state index in [1.165, 1.54) is 23.6 Å². The Kier molecular flexibility index (Phi) is 2.96. The Morgan fingerprint density at radius 3 is 3.00 bits per heavy atom. The van der Waals surface area contributed by atoms with Crippen LogP contribution in [0.5, 0.6) is 0 Å². The molecule has 0 saturated carbocycles. The molecule has 0 aliphatic rings. The van der Waals surface area contributed by atoms with Gasteiger partial charge in [-0.15, -0.1) is 0 Å². The van der Waals surface area contributed by atoms with Gasteiger partial charge in [0, 0.05) is 11.1 Å². The third-order valence-corrected chi connectivity index (χ3v) is 3.98. The standard InChI is InChI=1S/C12H8ClN3O2S/c1-6-7(13)2-3-9-10(6)15-12(19-9)16-11(17)8-4-5-14-18-8/h2-5H,1H3,(H,15,16,17). The molecule has 7 heteroatoms. The van der Waals surface area contributed by atoms with Gasteiger partial charge in [-0.3, -0.25) is 10.1 Å². The van der Waals surface area contributed by atoms with Crippen LogP contribution in [-0.2, 0) is 0 Å². The predicted octanol–water partition coefficient (Wildman–Crippen LogP) is 3.50. The molecular formula is C12H8ClN3O2S. The van der Waals surface area contributed by atoms with Gasteiger partial charge in [-0.05, 0) is 24.6 Å². The highest BCUT2D eigenvalue weighted by Gasteiger charge is 2.14. The SMILES string of the molecule is Cc1c(Cl)ccc2sc(NC(=O)c3ccno3)nc12. The zero-order valence-electron chi connectivity index (χ0n) is 9.81. The number of fused-ring (bicyclic) bond motifs is 1. The topological polar surface area (TPSA) is 68.0 Å². The van der Waals surface area contributed by atoms with E-state index in [2.05, 4.69) is 15.5 Å². The van der Waals surface area contributed by atoms with Crippen LogP contribution in [-0.4, -0.2) is 16.0 Å². The summed E-state index contributed by atoms with van der Waals surface area (Å²) in [4.78, 5) is 16.2. The Morgan fingerprint density at radius 2 is 2.26 bits per heavy atom. The maximum atomic E-state index is 11.8. The Bertz CT molecular complexity index is 752. The first kappa shape index (κ1) is 12.1. The Hall–Kier alpha value is -1.92. The fraction of sp³-hybridized carbons (Fsp3) is 0.0833. The third-order valence-electron chi connectivity index (χ3n) is 2.63. The van der Waals surface area contributed by atoms with Gasteiger partial charge < -0.3 is 4.52 Å². The number of benzene rings is 1. The number of nitrogens with zero attached hydrogens (tertiary/aromatic N) is 2. The molecule has 1 N–H and O–H groups in total. The summed E-state index contributed by atoms with van der Waals surface area (Å²) < 4.78 is 5.75. The number of nitrogens with one attached hydrogen (secondary N) is 1. The summed E-state index contributed by atoms with van der Waals surface area (Å²) >= 11 is 7.42. The van der Waals surface area contributed by atoms with Crippen LogP contribution in [0.2, 0.25) is 5.02 Å². The van der Waals surface area contributed by atoms with Crippen LogP contribution in [0.3, 0.4) is 0 Å². The van der Waals surface area contributed by atoms with E-state index in [1.54, 1.807) is 0 Å². The average Bonchev–Trinajstić information content (AvgIpc) is 3.02. The number of hydrogen-bond donors (Lipinski definition) is 1. The van der Waals surface area contributed by atoms with Crippen LogP contribution >= 0.6 is 22.9 Å². The van der Waals surface area contributed by atoms with Gasteiger partial charge in [0.1, 0.15) is 0 Å². The number of amides is 1. The van der Waals surface area contributed by atoms with E-state index in [1.807, 2.05) is 19.1 Å². The molecule has 3 rings (SSSR count). The van der Waals surface area contributed by atoms with Crippen LogP contribution in [0.15, 0.2) is 28.9 Å². The smallest absolute Gasteiger partial charge is 0.296 e. The molecule has 2 heterocycles. The highest BCUT2D eigenvalue weighted by molar-refractivity contribution is 7.22. The minimum absolute atomic E-state index is 0.147. The number of carbonyl (C=O) groups excluding carboxylic acids is 1. The van der Waals surface area contributed by atoms with Crippen molar-refractivity contribution in [1.29, 1.82) is 0 Å². The number of hydrogen-bond acceptors (Lipinski definition) is 5. The van der Waals surface area contributed by atoms with Crippen LogP contribution in [0, 0.1) is 6.92 Å². The number of aromatic nitrogens is 2. The third kappa shape index (κ3) is 2.20. The lowest BCUT2D eigenvalue weighted by Gasteiger charge is -1.96. The van der Waals surface area contributed by atoms with E-state index in [9.17, 15) is 4.79 Å². The van der Waals surface area contributed by atoms with Gasteiger partial charge in [0.25, 0.3) is 5.91 Å². The summed E-state index contributed by atoms with van der Waals surface area (Å²) in [6.45, 7) is 1.90. The van der Waals surface area contributed by atoms with Crippen molar-refractivity contribution in [2.45, 2.75) is 6.92 Å². The Morgan fingerprint density at radius 1 is 1.42 bits per heavy atom. The fourth-order valence-corrected chi connectivity index (χ4v) is 2.72. The van der Waals surface area contributed by atoms with E-state index in [-0.39, 0.29) is 11.7 Å². The lowest BCUT2D eigenvalue weighted by atomic mass is 10.2. The summed E-state index contributed by atoms with van der Waals surface area (Å²) in [6, 6.07) is 5.19. The van der Waals surface area contributed by atoms with E-state index in [0.717, 1.165) is 15.8 Å². The molecule has 0 aliphatic heterocycles. The second kappa shape index (κ2) is 4.64. The van der Waals surface area contributed by atoms with Crippen molar-refractivity contribution < 1.29 is 9.32 Å². The molecule has 0 radical (unpaired) electrons. The minimum Gasteiger partial charge on any atom is -0.351 e. The summed E-state index contributed by atoms with van der Waals surface area (Å²) in [6.07, 6.45) is 1.41. The van der Waals surface area contributed by atoms with E-state index in [0.29, 0.717) is 10.2 Å². The molecule has 1 amide bonds. The Labute approximate surface area is 117 Å². The lowest BCUT2D eigenvalue weighted by Crippen LogP contribution is -2.10. The van der Waals surface area contributed by atoms with Crippen molar-refractivity contribution in [1.82, 2.24) is 10.1 Å². The maximum absolute atomic E-state index is 11.8. The van der Waals surface area contributed by atoms with Crippen LogP contribution in [0.4, 0.5) is 5.13 Å². The molecule has 0 saturated heterocycles. The highest BCUT2D eigenvalue weighted by atomic mass is 35.5. The summed E-state index contributed by atoms with van der Waals surface area (Å²) in [5, 5.41) is 7.32. The molecule has 19 heavy (non-hydrogen) atoms. The van der Waals surface area contributed by atoms with Crippen molar-refractivity contribution >= 4 is 44.2 Å². The molecule has 0 unspecified atom stereocenters. The molecule has 0 fully saturated rings. The molecule has 0 atom stereocenters. The lowest BCUT2D eigenvalue weighted by molar-refractivity contribution is 0.0988. The van der Waals surface area contributed by atoms with Crippen molar-refractivity contribution in [2.24, 2.45) is 0 Å². The van der Waals surface area contributed by atoms with Gasteiger partial charge in [-0.1, -0.05) is 28.1 Å². The number of thiazole rings is 1. The fourth-order valence-electron chi connectivity index (χ4n) is 1.65. The maximum Gasteiger partial charge on any atom is 0.296 e. The molecular weight excluding hydrogens is 286 g/mol. The first-order valence-electron chi connectivity index (χ1n) is 5.43. The van der Waals surface area contributed by atoms with Gasteiger partial charge in [0.2, 0.25) is 5.76 Å². The van der Waals surface area contributed by atoms with Crippen molar-refractivity contribution in [2.75, 3.05) is 5.32 Å². The van der Waals surface area contributed by atoms with Crippen LogP contribution in [0.1, 0.15) is 16.1 Å². The molecule has 3 aromatic rings. The normalized spacial score (nSPS) is 10.8. The molecule has 0 spiro atoms. The summed E-state index contributed by atoms with van der Waals surface area (Å²) in [7, 11) is 0. The summed E-state index contributed by atoms with van der Waals surface area (Å²) in [5.41, 5.74) is 1.70. The van der Waals surface area contributed by atoms with Gasteiger partial charge in [0.05, 0.1) is 16.4 Å². The zero-order chi connectivity index (χ0) is 13.4. The molecule has 1 aromatic carbocycles. The minimum atomic E-state index is -0.375. The van der Waals surface area contributed by atoms with E-state index >= 15 is 0 Å². The largest absolute Gasteiger partial charge is 0.351 e. The molecule has 5 nitrogen and oxygen atoms in total. The first-order valence-corrected chi connectivity index (χ1v) is 6.62. The van der Waals surface area contributed by atoms with Gasteiger partial charge in [-0.25, -0.2) is 4.98 Å². The second-order valence-corrected chi connectivity index (χ2v) is 5.31. The van der Waals surface area contributed by atoms with Gasteiger partial charge >= 0.3 is 0 Å². The second-order valence-electron chi connectivity index (χ2n) is 3.87. The number of rotatable bonds is 2. The first-order chi connectivity index (χ1) is 9.15. The van der Waals surface area contributed by atoms with Crippen LogP contribution in [0.25, 0.3) is 10.2 Å². The molecule has 0 aliphatic carbocycles. The molecule has 96 valence electrons. The predicted molar refractivity (Wildman–Crippen MR) is 73.8 cm³/mol. The van der Waals surface area contributed by atoms with Crippen LogP contribution < -0.4 is 5.32 Å². The number of anilines is 1. The van der Waals surface area contributed by atoms with Gasteiger partial charge in [0.15, 0.2) is 5.13 Å². The van der Waals surface area contributed by atoms with Crippen molar-refractivity contribution in [3.05, 3.63) is 40.7 Å². The number of aryl methyl sites for hydroxylation is 1. The Balaban J connectivity index is 1.94. The van der Waals surface area contributed by atoms with Crippen molar-refractivity contribution in [3.63, 3.8) is 0 Å². The molecule has 2 aromatic heterocycles. The summed E-state index contributed by atoms with van der Waals surface area (Å²) in [5.74, 6) is -0.227. The monoisotopic (exact) mass is 293 g/mol. The van der Waals surface area contributed by atoms with E-state index < -0.39 is 0 Å². The molecule has 0 bridgehead atoms. The number of halogens is 1. The van der Waals surface area contributed by atoms with Gasteiger partial charge in [-0.2, -0.15) is 0 Å². The quantitative estimate of drug-likeness (QED) is 0.785. The van der Waals surface area contributed by atoms with E-state index in [4.69, 9.17) is 16.1 Å². The average molecular weight is 294 g/mol. The highest BCUT2D eigenvalue weighted by Crippen LogP contribution is 2.31. The number of carbonyl (C=O) groups is 1.